The molecule has 4 nitrogen and oxygen atoms in total. The van der Waals surface area contributed by atoms with Gasteiger partial charge in [0.05, 0.1) is 17.4 Å². The third-order valence-corrected chi connectivity index (χ3v) is 6.06. The molecule has 5 rings (SSSR count). The zero-order valence-corrected chi connectivity index (χ0v) is 16.2. The number of likely N-dealkylation sites (tertiary alicyclic amines) is 1. The number of halogens is 5. The van der Waals surface area contributed by atoms with E-state index in [0.29, 0.717) is 29.4 Å². The van der Waals surface area contributed by atoms with Crippen LogP contribution in [0.3, 0.4) is 0 Å². The van der Waals surface area contributed by atoms with Crippen LogP contribution in [-0.2, 0) is 0 Å². The van der Waals surface area contributed by atoms with Crippen LogP contribution in [0.2, 0.25) is 0 Å². The van der Waals surface area contributed by atoms with Crippen molar-refractivity contribution in [3.05, 3.63) is 60.1 Å². The molecular weight excluding hydrogens is 417 g/mol. The van der Waals surface area contributed by atoms with Crippen LogP contribution >= 0.6 is 0 Å². The van der Waals surface area contributed by atoms with Crippen molar-refractivity contribution in [2.24, 2.45) is 5.92 Å². The SMILES string of the molecule is Fc1ccc(Oc2cnc3cc(C(N4CC5CCC4C5)C(F)(F)F)ncc3c2)c(F)c1. The summed E-state index contributed by atoms with van der Waals surface area (Å²) >= 11 is 0. The maximum absolute atomic E-state index is 14.0. The summed E-state index contributed by atoms with van der Waals surface area (Å²) < 4.78 is 74.2. The van der Waals surface area contributed by atoms with E-state index in [9.17, 15) is 22.0 Å². The highest BCUT2D eigenvalue weighted by Crippen LogP contribution is 2.47. The molecule has 3 aromatic rings. The highest BCUT2D eigenvalue weighted by atomic mass is 19.4. The molecule has 1 saturated carbocycles. The zero-order valence-electron chi connectivity index (χ0n) is 16.2. The van der Waals surface area contributed by atoms with Gasteiger partial charge in [-0.1, -0.05) is 0 Å². The summed E-state index contributed by atoms with van der Waals surface area (Å²) in [4.78, 5) is 9.80. The number of fused-ring (bicyclic) bond motifs is 3. The lowest BCUT2D eigenvalue weighted by Gasteiger charge is -2.35. The molecule has 2 fully saturated rings. The molecule has 1 saturated heterocycles. The lowest BCUT2D eigenvalue weighted by Crippen LogP contribution is -2.43. The molecule has 0 radical (unpaired) electrons. The van der Waals surface area contributed by atoms with Crippen LogP contribution in [-0.4, -0.2) is 33.6 Å². The topological polar surface area (TPSA) is 38.2 Å². The monoisotopic (exact) mass is 435 g/mol. The third-order valence-electron chi connectivity index (χ3n) is 6.06. The highest BCUT2D eigenvalue weighted by molar-refractivity contribution is 5.79. The van der Waals surface area contributed by atoms with Gasteiger partial charge in [0.1, 0.15) is 17.6 Å². The third kappa shape index (κ3) is 3.82. The maximum atomic E-state index is 14.0. The van der Waals surface area contributed by atoms with Crippen LogP contribution in [0.15, 0.2) is 42.7 Å². The second kappa shape index (κ2) is 7.40. The van der Waals surface area contributed by atoms with Crippen molar-refractivity contribution in [2.45, 2.75) is 37.5 Å². The van der Waals surface area contributed by atoms with E-state index in [-0.39, 0.29) is 23.2 Å². The van der Waals surface area contributed by atoms with Gasteiger partial charge in [0.15, 0.2) is 11.6 Å². The first-order valence-corrected chi connectivity index (χ1v) is 9.99. The van der Waals surface area contributed by atoms with Crippen molar-refractivity contribution in [3.8, 4) is 11.5 Å². The average Bonchev–Trinajstić information content (AvgIpc) is 3.33. The summed E-state index contributed by atoms with van der Waals surface area (Å²) in [5.74, 6) is -1.31. The Hall–Kier alpha value is -2.81. The van der Waals surface area contributed by atoms with Crippen molar-refractivity contribution in [2.75, 3.05) is 6.54 Å². The van der Waals surface area contributed by atoms with Crippen molar-refractivity contribution < 1.29 is 26.7 Å². The second-order valence-electron chi connectivity index (χ2n) is 8.12. The molecule has 1 aliphatic carbocycles. The minimum Gasteiger partial charge on any atom is -0.453 e. The van der Waals surface area contributed by atoms with Crippen molar-refractivity contribution >= 4 is 10.9 Å². The average molecular weight is 435 g/mol. The van der Waals surface area contributed by atoms with E-state index >= 15 is 0 Å². The van der Waals surface area contributed by atoms with Crippen LogP contribution in [0, 0.1) is 17.6 Å². The van der Waals surface area contributed by atoms with Gasteiger partial charge in [0.25, 0.3) is 0 Å². The first-order chi connectivity index (χ1) is 14.8. The number of alkyl halides is 3. The van der Waals surface area contributed by atoms with Gasteiger partial charge in [-0.15, -0.1) is 0 Å². The van der Waals surface area contributed by atoms with Gasteiger partial charge < -0.3 is 4.74 Å². The Morgan fingerprint density at radius 2 is 1.87 bits per heavy atom. The number of aromatic nitrogens is 2. The zero-order chi connectivity index (χ0) is 21.8. The van der Waals surface area contributed by atoms with Gasteiger partial charge in [-0.3, -0.25) is 14.9 Å². The smallest absolute Gasteiger partial charge is 0.409 e. The van der Waals surface area contributed by atoms with Gasteiger partial charge in [-0.2, -0.15) is 13.2 Å². The largest absolute Gasteiger partial charge is 0.453 e. The van der Waals surface area contributed by atoms with Crippen LogP contribution in [0.1, 0.15) is 31.0 Å². The molecule has 1 aliphatic heterocycles. The fraction of sp³-hybridized carbons (Fsp3) is 0.364. The van der Waals surface area contributed by atoms with Crippen LogP contribution in [0.5, 0.6) is 11.5 Å². The number of hydrogen-bond acceptors (Lipinski definition) is 4. The number of hydrogen-bond donors (Lipinski definition) is 0. The lowest BCUT2D eigenvalue weighted by atomic mass is 10.0. The number of rotatable bonds is 4. The number of piperidine rings is 1. The molecule has 31 heavy (non-hydrogen) atoms. The van der Waals surface area contributed by atoms with Gasteiger partial charge in [-0.25, -0.2) is 8.78 Å². The first-order valence-electron chi connectivity index (χ1n) is 9.99. The minimum atomic E-state index is -4.45. The molecule has 3 heterocycles. The van der Waals surface area contributed by atoms with Gasteiger partial charge in [0.2, 0.25) is 0 Å². The fourth-order valence-electron chi connectivity index (χ4n) is 4.71. The summed E-state index contributed by atoms with van der Waals surface area (Å²) in [5, 5.41) is 0.452. The molecule has 3 atom stereocenters. The molecule has 2 aliphatic rings. The summed E-state index contributed by atoms with van der Waals surface area (Å²) in [6.45, 7) is 0.429. The number of ether oxygens (including phenoxy) is 1. The Bertz CT molecular complexity index is 1140. The Kier molecular flexibility index (Phi) is 4.80. The Morgan fingerprint density at radius 1 is 1.03 bits per heavy atom. The van der Waals surface area contributed by atoms with Crippen molar-refractivity contribution in [1.29, 1.82) is 0 Å². The van der Waals surface area contributed by atoms with E-state index in [0.717, 1.165) is 31.4 Å². The number of pyridine rings is 2. The van der Waals surface area contributed by atoms with Crippen LogP contribution in [0.25, 0.3) is 10.9 Å². The van der Waals surface area contributed by atoms with E-state index in [4.69, 9.17) is 4.74 Å². The molecule has 3 unspecified atom stereocenters. The molecular formula is C22H18F5N3O. The van der Waals surface area contributed by atoms with Crippen molar-refractivity contribution in [3.63, 3.8) is 0 Å². The van der Waals surface area contributed by atoms with E-state index in [1.165, 1.54) is 29.4 Å². The second-order valence-corrected chi connectivity index (χ2v) is 8.12. The minimum absolute atomic E-state index is 0.0662. The number of nitrogens with zero attached hydrogens (tertiary/aromatic N) is 3. The number of benzene rings is 1. The molecule has 9 heteroatoms. The summed E-state index contributed by atoms with van der Waals surface area (Å²) in [6.07, 6.45) is 0.723. The predicted octanol–water partition coefficient (Wildman–Crippen LogP) is 5.79. The summed E-state index contributed by atoms with van der Waals surface area (Å²) in [5.41, 5.74) is 0.244. The quantitative estimate of drug-likeness (QED) is 0.487. The Balaban J connectivity index is 1.45. The molecule has 0 amide bonds. The first kappa shape index (κ1) is 20.1. The summed E-state index contributed by atoms with van der Waals surface area (Å²) in [7, 11) is 0. The van der Waals surface area contributed by atoms with E-state index in [2.05, 4.69) is 9.97 Å². The van der Waals surface area contributed by atoms with Crippen LogP contribution < -0.4 is 4.74 Å². The normalized spacial score (nSPS) is 22.2. The Morgan fingerprint density at radius 3 is 2.55 bits per heavy atom. The molecule has 0 N–H and O–H groups in total. The highest BCUT2D eigenvalue weighted by Gasteiger charge is 2.52. The molecule has 162 valence electrons. The van der Waals surface area contributed by atoms with E-state index in [1.54, 1.807) is 0 Å². The predicted molar refractivity (Wildman–Crippen MR) is 103 cm³/mol. The standard InChI is InChI=1S/C22H18F5N3O/c23-14-2-4-20(17(24)7-14)31-16-6-13-9-28-19(8-18(13)29-10-16)21(22(25,26)27)30-11-12-1-3-15(30)5-12/h2,4,6-10,12,15,21H,1,3,5,11H2. The van der Waals surface area contributed by atoms with Gasteiger partial charge >= 0.3 is 6.18 Å². The van der Waals surface area contributed by atoms with E-state index < -0.39 is 23.9 Å². The maximum Gasteiger partial charge on any atom is 0.409 e. The van der Waals surface area contributed by atoms with Gasteiger partial charge in [-0.05, 0) is 49.4 Å². The summed E-state index contributed by atoms with van der Waals surface area (Å²) in [6, 6.07) is 3.92. The molecule has 2 bridgehead atoms. The lowest BCUT2D eigenvalue weighted by molar-refractivity contribution is -0.191. The van der Waals surface area contributed by atoms with Gasteiger partial charge in [0, 0.05) is 30.2 Å². The molecule has 0 spiro atoms. The van der Waals surface area contributed by atoms with Crippen molar-refractivity contribution in [1.82, 2.24) is 14.9 Å². The van der Waals surface area contributed by atoms with Crippen LogP contribution in [0.4, 0.5) is 22.0 Å². The molecule has 1 aromatic carbocycles. The molecule has 2 aromatic heterocycles. The Labute approximate surface area is 174 Å². The fourth-order valence-corrected chi connectivity index (χ4v) is 4.71. The van der Waals surface area contributed by atoms with E-state index in [1.807, 2.05) is 0 Å².